The van der Waals surface area contributed by atoms with E-state index in [-0.39, 0.29) is 5.54 Å². The fourth-order valence-corrected chi connectivity index (χ4v) is 3.04. The van der Waals surface area contributed by atoms with Crippen molar-refractivity contribution in [2.24, 2.45) is 0 Å². The van der Waals surface area contributed by atoms with Crippen LogP contribution in [0.5, 0.6) is 0 Å². The highest BCUT2D eigenvalue weighted by molar-refractivity contribution is 5.86. The summed E-state index contributed by atoms with van der Waals surface area (Å²) in [5.41, 5.74) is 0.921. The van der Waals surface area contributed by atoms with Crippen molar-refractivity contribution >= 4 is 16.9 Å². The number of H-pyrrole nitrogens is 1. The molecule has 106 valence electrons. The van der Waals surface area contributed by atoms with Crippen LogP contribution in [-0.2, 0) is 0 Å². The molecule has 3 heterocycles. The number of nitrogens with one attached hydrogen (secondary N) is 2. The Bertz CT molecular complexity index is 605. The van der Waals surface area contributed by atoms with Gasteiger partial charge in [-0.3, -0.25) is 4.90 Å². The van der Waals surface area contributed by atoms with Gasteiger partial charge in [0.1, 0.15) is 17.8 Å². The highest BCUT2D eigenvalue weighted by atomic mass is 15.2. The normalized spacial score (nSPS) is 23.9. The lowest BCUT2D eigenvalue weighted by Crippen LogP contribution is -2.51. The Kier molecular flexibility index (Phi) is 3.44. The van der Waals surface area contributed by atoms with Gasteiger partial charge in [-0.05, 0) is 32.4 Å². The van der Waals surface area contributed by atoms with Crippen molar-refractivity contribution in [3.63, 3.8) is 0 Å². The quantitative estimate of drug-likeness (QED) is 0.838. The maximum Gasteiger partial charge on any atom is 0.142 e. The topological polar surface area (TPSA) is 56.8 Å². The summed E-state index contributed by atoms with van der Waals surface area (Å²) in [5, 5.41) is 4.68. The molecule has 0 radical (unpaired) electrons. The van der Waals surface area contributed by atoms with Gasteiger partial charge in [0.25, 0.3) is 0 Å². The molecule has 3 rings (SSSR count). The second-order valence-electron chi connectivity index (χ2n) is 5.78. The number of nitrogens with zero attached hydrogens (tertiary/aromatic N) is 3. The summed E-state index contributed by atoms with van der Waals surface area (Å²) in [4.78, 5) is 14.2. The summed E-state index contributed by atoms with van der Waals surface area (Å²) in [5.74, 6) is 0.916. The van der Waals surface area contributed by atoms with Crippen LogP contribution >= 0.6 is 0 Å². The number of hydrogen-bond acceptors (Lipinski definition) is 4. The molecule has 2 aromatic heterocycles. The van der Waals surface area contributed by atoms with E-state index >= 15 is 0 Å². The molecule has 0 aliphatic carbocycles. The van der Waals surface area contributed by atoms with Crippen molar-refractivity contribution < 1.29 is 0 Å². The summed E-state index contributed by atoms with van der Waals surface area (Å²) < 4.78 is 0. The molecular weight excluding hydrogens is 250 g/mol. The minimum absolute atomic E-state index is 0.0415. The van der Waals surface area contributed by atoms with Gasteiger partial charge in [-0.1, -0.05) is 6.08 Å². The molecule has 0 aromatic carbocycles. The van der Waals surface area contributed by atoms with Gasteiger partial charge >= 0.3 is 0 Å². The van der Waals surface area contributed by atoms with Gasteiger partial charge in [0.15, 0.2) is 0 Å². The van der Waals surface area contributed by atoms with Crippen LogP contribution in [0.1, 0.15) is 19.8 Å². The van der Waals surface area contributed by atoms with Crippen LogP contribution in [0.4, 0.5) is 5.82 Å². The van der Waals surface area contributed by atoms with E-state index in [9.17, 15) is 0 Å². The SMILES string of the molecule is C=CCN1CCC[C@@](C)(Nc2ncnc3[nH]ccc23)C1. The van der Waals surface area contributed by atoms with Gasteiger partial charge in [-0.2, -0.15) is 0 Å². The van der Waals surface area contributed by atoms with Crippen LogP contribution in [0.2, 0.25) is 0 Å². The fraction of sp³-hybridized carbons (Fsp3) is 0.467. The number of anilines is 1. The first-order chi connectivity index (χ1) is 9.70. The van der Waals surface area contributed by atoms with Crippen molar-refractivity contribution in [3.8, 4) is 0 Å². The predicted octanol–water partition coefficient (Wildman–Crippen LogP) is 2.41. The number of piperidine rings is 1. The summed E-state index contributed by atoms with van der Waals surface area (Å²) in [7, 11) is 0. The zero-order valence-corrected chi connectivity index (χ0v) is 11.9. The minimum Gasteiger partial charge on any atom is -0.363 e. The van der Waals surface area contributed by atoms with Crippen LogP contribution in [0.15, 0.2) is 31.2 Å². The van der Waals surface area contributed by atoms with E-state index in [2.05, 4.69) is 38.7 Å². The molecule has 1 aliphatic rings. The van der Waals surface area contributed by atoms with Crippen LogP contribution in [0.3, 0.4) is 0 Å². The lowest BCUT2D eigenvalue weighted by molar-refractivity contribution is 0.188. The maximum atomic E-state index is 4.41. The number of fused-ring (bicyclic) bond motifs is 1. The summed E-state index contributed by atoms with van der Waals surface area (Å²) in [6.45, 7) is 9.20. The van der Waals surface area contributed by atoms with Gasteiger partial charge in [0.05, 0.1) is 5.39 Å². The molecule has 1 atom stereocenters. The Labute approximate surface area is 119 Å². The van der Waals surface area contributed by atoms with E-state index in [1.54, 1.807) is 6.33 Å². The third-order valence-corrected chi connectivity index (χ3v) is 3.94. The van der Waals surface area contributed by atoms with Gasteiger partial charge in [0.2, 0.25) is 0 Å². The van der Waals surface area contributed by atoms with Gasteiger partial charge in [-0.25, -0.2) is 9.97 Å². The van der Waals surface area contributed by atoms with E-state index in [0.717, 1.165) is 42.9 Å². The average Bonchev–Trinajstić information content (AvgIpc) is 2.88. The first kappa shape index (κ1) is 13.1. The zero-order chi connectivity index (χ0) is 14.0. The Morgan fingerprint density at radius 3 is 3.30 bits per heavy atom. The molecule has 2 N–H and O–H groups in total. The molecule has 0 bridgehead atoms. The molecule has 0 unspecified atom stereocenters. The van der Waals surface area contributed by atoms with E-state index in [0.29, 0.717) is 0 Å². The van der Waals surface area contributed by atoms with Crippen LogP contribution in [0.25, 0.3) is 11.0 Å². The van der Waals surface area contributed by atoms with Crippen LogP contribution < -0.4 is 5.32 Å². The smallest absolute Gasteiger partial charge is 0.142 e. The molecule has 5 nitrogen and oxygen atoms in total. The molecule has 2 aromatic rings. The third kappa shape index (κ3) is 2.54. The van der Waals surface area contributed by atoms with Gasteiger partial charge in [-0.15, -0.1) is 6.58 Å². The number of hydrogen-bond donors (Lipinski definition) is 2. The molecule has 5 heteroatoms. The van der Waals surface area contributed by atoms with E-state index in [1.165, 1.54) is 6.42 Å². The van der Waals surface area contributed by atoms with Gasteiger partial charge in [0, 0.05) is 24.8 Å². The van der Waals surface area contributed by atoms with Crippen molar-refractivity contribution in [3.05, 3.63) is 31.2 Å². The van der Waals surface area contributed by atoms with Crippen molar-refractivity contribution in [2.45, 2.75) is 25.3 Å². The first-order valence-electron chi connectivity index (χ1n) is 7.10. The monoisotopic (exact) mass is 271 g/mol. The van der Waals surface area contributed by atoms with Gasteiger partial charge < -0.3 is 10.3 Å². The first-order valence-corrected chi connectivity index (χ1v) is 7.10. The van der Waals surface area contributed by atoms with Crippen molar-refractivity contribution in [2.75, 3.05) is 25.0 Å². The fourth-order valence-electron chi connectivity index (χ4n) is 3.04. The van der Waals surface area contributed by atoms with Crippen molar-refractivity contribution in [1.29, 1.82) is 0 Å². The second-order valence-corrected chi connectivity index (χ2v) is 5.78. The summed E-state index contributed by atoms with van der Waals surface area (Å²) in [6, 6.07) is 2.02. The molecule has 1 aliphatic heterocycles. The molecule has 20 heavy (non-hydrogen) atoms. The third-order valence-electron chi connectivity index (χ3n) is 3.94. The lowest BCUT2D eigenvalue weighted by Gasteiger charge is -2.41. The molecule has 0 amide bonds. The maximum absolute atomic E-state index is 4.41. The molecule has 1 saturated heterocycles. The number of rotatable bonds is 4. The van der Waals surface area contributed by atoms with E-state index in [1.807, 2.05) is 18.3 Å². The van der Waals surface area contributed by atoms with Crippen molar-refractivity contribution in [1.82, 2.24) is 19.9 Å². The molecular formula is C15H21N5. The standard InChI is InChI=1S/C15H21N5/c1-3-8-20-9-4-6-15(2,10-20)19-14-12-5-7-16-13(12)17-11-18-14/h3,5,7,11H,1,4,6,8-10H2,2H3,(H2,16,17,18,19)/t15-/m1/s1. The Balaban J connectivity index is 1.82. The minimum atomic E-state index is 0.0415. The number of aromatic amines is 1. The average molecular weight is 271 g/mol. The summed E-state index contributed by atoms with van der Waals surface area (Å²) >= 11 is 0. The van der Waals surface area contributed by atoms with E-state index < -0.39 is 0 Å². The molecule has 0 saturated carbocycles. The Hall–Kier alpha value is -1.88. The number of aromatic nitrogens is 3. The van der Waals surface area contributed by atoms with E-state index in [4.69, 9.17) is 0 Å². The highest BCUT2D eigenvalue weighted by Crippen LogP contribution is 2.27. The number of likely N-dealkylation sites (tertiary alicyclic amines) is 1. The second kappa shape index (κ2) is 5.25. The highest BCUT2D eigenvalue weighted by Gasteiger charge is 2.31. The molecule has 0 spiro atoms. The van der Waals surface area contributed by atoms with Crippen LogP contribution in [0, 0.1) is 0 Å². The largest absolute Gasteiger partial charge is 0.363 e. The summed E-state index contributed by atoms with van der Waals surface area (Å²) in [6.07, 6.45) is 7.82. The molecule has 1 fully saturated rings. The lowest BCUT2D eigenvalue weighted by atomic mass is 9.91. The Morgan fingerprint density at radius 1 is 1.55 bits per heavy atom. The zero-order valence-electron chi connectivity index (χ0n) is 11.9. The Morgan fingerprint density at radius 2 is 2.45 bits per heavy atom. The van der Waals surface area contributed by atoms with Crippen LogP contribution in [-0.4, -0.2) is 45.0 Å². The predicted molar refractivity (Wildman–Crippen MR) is 81.8 cm³/mol.